The average Bonchev–Trinajstić information content (AvgIpc) is 2.00. The lowest BCUT2D eigenvalue weighted by Crippen LogP contribution is -2.06. The highest BCUT2D eigenvalue weighted by Gasteiger charge is 2.05. The quantitative estimate of drug-likeness (QED) is 0.311. The largest absolute Gasteiger partial charge is 0.335 e. The molecule has 0 aliphatic heterocycles. The molecule has 0 bridgehead atoms. The minimum absolute atomic E-state index is 0.353. The zero-order chi connectivity index (χ0) is 9.56. The lowest BCUT2D eigenvalue weighted by molar-refractivity contribution is -0.143. The van der Waals surface area contributed by atoms with Gasteiger partial charge in [0.05, 0.1) is 5.71 Å². The standard InChI is InChI=1S/C7H11Cl2NO2/c1-3-4-6(11)12-10-5(2)7(8)9/h7H,3-4H2,1-2H3/b10-5+. The molecule has 70 valence electrons. The van der Waals surface area contributed by atoms with Gasteiger partial charge in [-0.1, -0.05) is 35.3 Å². The summed E-state index contributed by atoms with van der Waals surface area (Å²) < 4.78 is 0. The molecule has 0 spiro atoms. The van der Waals surface area contributed by atoms with E-state index in [0.29, 0.717) is 12.1 Å². The second-order valence-electron chi connectivity index (χ2n) is 2.25. The molecule has 0 rings (SSSR count). The average molecular weight is 212 g/mol. The minimum Gasteiger partial charge on any atom is -0.318 e. The fourth-order valence-electron chi connectivity index (χ4n) is 0.413. The second-order valence-corrected chi connectivity index (χ2v) is 3.34. The number of hydrogen-bond donors (Lipinski definition) is 0. The number of carbonyl (C=O) groups is 1. The highest BCUT2D eigenvalue weighted by atomic mass is 35.5. The molecule has 12 heavy (non-hydrogen) atoms. The summed E-state index contributed by atoms with van der Waals surface area (Å²) >= 11 is 10.9. The van der Waals surface area contributed by atoms with Crippen LogP contribution >= 0.6 is 23.2 Å². The summed E-state index contributed by atoms with van der Waals surface area (Å²) in [6.45, 7) is 3.47. The maximum absolute atomic E-state index is 10.8. The number of halogens is 2. The first-order valence-electron chi connectivity index (χ1n) is 3.60. The third-order valence-electron chi connectivity index (χ3n) is 1.06. The smallest absolute Gasteiger partial charge is 0.318 e. The van der Waals surface area contributed by atoms with Crippen molar-refractivity contribution in [2.45, 2.75) is 31.5 Å². The van der Waals surface area contributed by atoms with Crippen LogP contribution in [0.5, 0.6) is 0 Å². The maximum Gasteiger partial charge on any atom is 0.335 e. The third-order valence-corrected chi connectivity index (χ3v) is 1.69. The van der Waals surface area contributed by atoms with Crippen LogP contribution in [0.2, 0.25) is 0 Å². The van der Waals surface area contributed by atoms with Gasteiger partial charge in [-0.2, -0.15) is 0 Å². The van der Waals surface area contributed by atoms with E-state index >= 15 is 0 Å². The van der Waals surface area contributed by atoms with Gasteiger partial charge in [0.1, 0.15) is 4.84 Å². The Hall–Kier alpha value is -0.280. The molecule has 0 fully saturated rings. The molecule has 0 aromatic carbocycles. The summed E-state index contributed by atoms with van der Waals surface area (Å²) in [6.07, 6.45) is 1.09. The number of oxime groups is 1. The van der Waals surface area contributed by atoms with Gasteiger partial charge >= 0.3 is 5.97 Å². The molecule has 0 aromatic heterocycles. The van der Waals surface area contributed by atoms with Crippen molar-refractivity contribution in [1.82, 2.24) is 0 Å². The Morgan fingerprint density at radius 3 is 2.58 bits per heavy atom. The van der Waals surface area contributed by atoms with Gasteiger partial charge in [0.25, 0.3) is 0 Å². The highest BCUT2D eigenvalue weighted by Crippen LogP contribution is 2.04. The molecule has 0 aliphatic carbocycles. The van der Waals surface area contributed by atoms with E-state index in [1.54, 1.807) is 6.92 Å². The lowest BCUT2D eigenvalue weighted by atomic mass is 10.3. The highest BCUT2D eigenvalue weighted by molar-refractivity contribution is 6.54. The molecule has 0 aromatic rings. The third kappa shape index (κ3) is 5.38. The van der Waals surface area contributed by atoms with E-state index in [2.05, 4.69) is 9.99 Å². The van der Waals surface area contributed by atoms with Crippen LogP contribution in [-0.4, -0.2) is 16.5 Å². The summed E-state index contributed by atoms with van der Waals surface area (Å²) in [6, 6.07) is 0. The summed E-state index contributed by atoms with van der Waals surface area (Å²) in [5, 5.41) is 3.45. The lowest BCUT2D eigenvalue weighted by Gasteiger charge is -1.99. The van der Waals surface area contributed by atoms with Crippen LogP contribution in [0.1, 0.15) is 26.7 Å². The number of rotatable bonds is 4. The molecule has 0 aliphatic rings. The van der Waals surface area contributed by atoms with Crippen molar-refractivity contribution >= 4 is 34.9 Å². The van der Waals surface area contributed by atoms with E-state index in [9.17, 15) is 4.79 Å². The topological polar surface area (TPSA) is 38.7 Å². The van der Waals surface area contributed by atoms with Gasteiger partial charge in [0, 0.05) is 6.42 Å². The zero-order valence-electron chi connectivity index (χ0n) is 7.01. The Balaban J connectivity index is 3.79. The van der Waals surface area contributed by atoms with Crippen molar-refractivity contribution in [3.05, 3.63) is 0 Å². The number of alkyl halides is 2. The first-order chi connectivity index (χ1) is 5.57. The van der Waals surface area contributed by atoms with E-state index in [-0.39, 0.29) is 5.97 Å². The van der Waals surface area contributed by atoms with Gasteiger partial charge < -0.3 is 4.84 Å². The van der Waals surface area contributed by atoms with Crippen LogP contribution in [0.25, 0.3) is 0 Å². The van der Waals surface area contributed by atoms with Gasteiger partial charge in [-0.05, 0) is 13.3 Å². The Kier molecular flexibility index (Phi) is 6.11. The number of nitrogens with zero attached hydrogens (tertiary/aromatic N) is 1. The monoisotopic (exact) mass is 211 g/mol. The van der Waals surface area contributed by atoms with Crippen molar-refractivity contribution in [3.63, 3.8) is 0 Å². The predicted molar refractivity (Wildman–Crippen MR) is 49.6 cm³/mol. The van der Waals surface area contributed by atoms with Gasteiger partial charge in [0.2, 0.25) is 0 Å². The van der Waals surface area contributed by atoms with Crippen LogP contribution in [-0.2, 0) is 9.63 Å². The minimum atomic E-state index is -0.723. The Morgan fingerprint density at radius 2 is 2.17 bits per heavy atom. The van der Waals surface area contributed by atoms with Crippen molar-refractivity contribution in [2.24, 2.45) is 5.16 Å². The Labute approximate surface area is 81.7 Å². The van der Waals surface area contributed by atoms with Crippen molar-refractivity contribution in [1.29, 1.82) is 0 Å². The van der Waals surface area contributed by atoms with Gasteiger partial charge in [0.15, 0.2) is 0 Å². The SMILES string of the molecule is CCCC(=O)O/N=C(\C)C(Cl)Cl. The first kappa shape index (κ1) is 11.7. The molecule has 0 amide bonds. The number of carbonyl (C=O) groups excluding carboxylic acids is 1. The number of hydrogen-bond acceptors (Lipinski definition) is 3. The summed E-state index contributed by atoms with van der Waals surface area (Å²) in [4.78, 5) is 14.5. The molecular formula is C7H11Cl2NO2. The fourth-order valence-corrected chi connectivity index (χ4v) is 0.492. The predicted octanol–water partition coefficient (Wildman–Crippen LogP) is 2.51. The van der Waals surface area contributed by atoms with Gasteiger partial charge in [-0.25, -0.2) is 4.79 Å². The Morgan fingerprint density at radius 1 is 1.58 bits per heavy atom. The molecule has 0 radical (unpaired) electrons. The normalized spacial score (nSPS) is 11.9. The van der Waals surface area contributed by atoms with E-state index in [4.69, 9.17) is 23.2 Å². The van der Waals surface area contributed by atoms with Crippen LogP contribution in [0, 0.1) is 0 Å². The van der Waals surface area contributed by atoms with Crippen LogP contribution in [0.3, 0.4) is 0 Å². The summed E-state index contributed by atoms with van der Waals surface area (Å²) in [7, 11) is 0. The zero-order valence-corrected chi connectivity index (χ0v) is 8.52. The maximum atomic E-state index is 10.8. The van der Waals surface area contributed by atoms with Crippen LogP contribution in [0.15, 0.2) is 5.16 Å². The Bertz CT molecular complexity index is 180. The van der Waals surface area contributed by atoms with Crippen LogP contribution < -0.4 is 0 Å². The first-order valence-corrected chi connectivity index (χ1v) is 4.47. The second kappa shape index (κ2) is 6.26. The molecule has 0 saturated heterocycles. The molecule has 0 atom stereocenters. The van der Waals surface area contributed by atoms with E-state index in [1.807, 2.05) is 6.92 Å². The van der Waals surface area contributed by atoms with E-state index < -0.39 is 4.84 Å². The van der Waals surface area contributed by atoms with Crippen LogP contribution in [0.4, 0.5) is 0 Å². The van der Waals surface area contributed by atoms with E-state index in [1.165, 1.54) is 0 Å². The molecule has 3 nitrogen and oxygen atoms in total. The van der Waals surface area contributed by atoms with Gasteiger partial charge in [-0.15, -0.1) is 0 Å². The summed E-state index contributed by atoms with van der Waals surface area (Å²) in [5.41, 5.74) is 0.378. The van der Waals surface area contributed by atoms with Crippen molar-refractivity contribution < 1.29 is 9.63 Å². The van der Waals surface area contributed by atoms with Gasteiger partial charge in [-0.3, -0.25) is 0 Å². The molecule has 0 N–H and O–H groups in total. The molecule has 0 heterocycles. The van der Waals surface area contributed by atoms with Crippen molar-refractivity contribution in [3.8, 4) is 0 Å². The fraction of sp³-hybridized carbons (Fsp3) is 0.714. The summed E-state index contributed by atoms with van der Waals surface area (Å²) in [5.74, 6) is -0.370. The van der Waals surface area contributed by atoms with Crippen molar-refractivity contribution in [2.75, 3.05) is 0 Å². The van der Waals surface area contributed by atoms with E-state index in [0.717, 1.165) is 6.42 Å². The molecular weight excluding hydrogens is 201 g/mol. The molecule has 0 unspecified atom stereocenters. The molecule has 5 heteroatoms. The molecule has 0 saturated carbocycles.